The highest BCUT2D eigenvalue weighted by Gasteiger charge is 2.21. The maximum Gasteiger partial charge on any atom is 0.259 e. The van der Waals surface area contributed by atoms with Crippen molar-refractivity contribution in [3.05, 3.63) is 11.8 Å². The van der Waals surface area contributed by atoms with Gasteiger partial charge < -0.3 is 16.4 Å². The molecule has 4 N–H and O–H groups in total. The summed E-state index contributed by atoms with van der Waals surface area (Å²) in [6.45, 7) is 2.38. The normalized spacial score (nSPS) is 10.3. The van der Waals surface area contributed by atoms with Gasteiger partial charge in [-0.2, -0.15) is 5.10 Å². The Balaban J connectivity index is 2.87. The Kier molecular flexibility index (Phi) is 4.70. The van der Waals surface area contributed by atoms with Crippen LogP contribution in [0.25, 0.3) is 0 Å². The van der Waals surface area contributed by atoms with E-state index >= 15 is 0 Å². The zero-order chi connectivity index (χ0) is 13.7. The number of nitrogens with two attached hydrogens (primary N) is 2. The minimum Gasteiger partial charge on any atom is -0.383 e. The fraction of sp³-hybridized carbons (Fsp3) is 0.545. The number of unbranched alkanes of at least 4 members (excludes halogenated alkanes) is 1. The standard InChI is InChI=1S/C11H19N5O2/c1-3-4-5-16(7-9(12)17)11(18)8-6-14-15(2)10(8)13/h6H,3-5,7,13H2,1-2H3,(H2,12,17). The molecule has 0 unspecified atom stereocenters. The summed E-state index contributed by atoms with van der Waals surface area (Å²) < 4.78 is 1.41. The number of nitrogens with zero attached hydrogens (tertiary/aromatic N) is 3. The third kappa shape index (κ3) is 3.22. The average molecular weight is 253 g/mol. The van der Waals surface area contributed by atoms with E-state index in [1.807, 2.05) is 6.92 Å². The second-order valence-corrected chi connectivity index (χ2v) is 4.11. The molecule has 1 aromatic rings. The third-order valence-corrected chi connectivity index (χ3v) is 2.63. The molecule has 7 nitrogen and oxygen atoms in total. The van der Waals surface area contributed by atoms with E-state index in [4.69, 9.17) is 11.5 Å². The Hall–Kier alpha value is -2.05. The molecule has 0 bridgehead atoms. The van der Waals surface area contributed by atoms with Gasteiger partial charge in [0.2, 0.25) is 5.91 Å². The van der Waals surface area contributed by atoms with Crippen LogP contribution in [0, 0.1) is 0 Å². The van der Waals surface area contributed by atoms with Crippen LogP contribution in [-0.2, 0) is 11.8 Å². The van der Waals surface area contributed by atoms with E-state index < -0.39 is 5.91 Å². The number of amides is 2. The number of carbonyl (C=O) groups excluding carboxylic acids is 2. The molecule has 1 aromatic heterocycles. The van der Waals surface area contributed by atoms with Gasteiger partial charge in [-0.3, -0.25) is 14.3 Å². The van der Waals surface area contributed by atoms with Crippen molar-refractivity contribution in [2.24, 2.45) is 12.8 Å². The summed E-state index contributed by atoms with van der Waals surface area (Å²) in [5, 5.41) is 3.91. The van der Waals surface area contributed by atoms with Crippen molar-refractivity contribution in [1.29, 1.82) is 0 Å². The van der Waals surface area contributed by atoms with E-state index in [1.165, 1.54) is 15.8 Å². The molecule has 0 radical (unpaired) electrons. The van der Waals surface area contributed by atoms with Crippen LogP contribution in [0.15, 0.2) is 6.20 Å². The fourth-order valence-corrected chi connectivity index (χ4v) is 1.57. The van der Waals surface area contributed by atoms with Gasteiger partial charge in [0, 0.05) is 13.6 Å². The molecule has 0 aliphatic rings. The lowest BCUT2D eigenvalue weighted by Gasteiger charge is -2.20. The number of hydrogen-bond donors (Lipinski definition) is 2. The molecule has 0 spiro atoms. The van der Waals surface area contributed by atoms with Crippen molar-refractivity contribution in [3.63, 3.8) is 0 Å². The van der Waals surface area contributed by atoms with Crippen LogP contribution in [0.2, 0.25) is 0 Å². The summed E-state index contributed by atoms with van der Waals surface area (Å²) in [5.74, 6) is -0.569. The van der Waals surface area contributed by atoms with E-state index in [9.17, 15) is 9.59 Å². The summed E-state index contributed by atoms with van der Waals surface area (Å²) in [6.07, 6.45) is 3.13. The Bertz CT molecular complexity index is 441. The van der Waals surface area contributed by atoms with Crippen molar-refractivity contribution < 1.29 is 9.59 Å². The largest absolute Gasteiger partial charge is 0.383 e. The van der Waals surface area contributed by atoms with Crippen molar-refractivity contribution in [1.82, 2.24) is 14.7 Å². The molecule has 0 fully saturated rings. The lowest BCUT2D eigenvalue weighted by molar-refractivity contribution is -0.118. The quantitative estimate of drug-likeness (QED) is 0.727. The molecule has 100 valence electrons. The molecular weight excluding hydrogens is 234 g/mol. The van der Waals surface area contributed by atoms with Gasteiger partial charge >= 0.3 is 0 Å². The van der Waals surface area contributed by atoms with Gasteiger partial charge in [-0.05, 0) is 6.42 Å². The molecule has 18 heavy (non-hydrogen) atoms. The molecule has 0 aliphatic carbocycles. The van der Waals surface area contributed by atoms with Gasteiger partial charge in [0.05, 0.1) is 12.7 Å². The van der Waals surface area contributed by atoms with Crippen LogP contribution in [0.1, 0.15) is 30.1 Å². The van der Waals surface area contributed by atoms with Gasteiger partial charge in [-0.1, -0.05) is 13.3 Å². The maximum atomic E-state index is 12.2. The van der Waals surface area contributed by atoms with E-state index in [-0.39, 0.29) is 18.3 Å². The Morgan fingerprint density at radius 3 is 2.61 bits per heavy atom. The topological polar surface area (TPSA) is 107 Å². The summed E-state index contributed by atoms with van der Waals surface area (Å²) in [6, 6.07) is 0. The van der Waals surface area contributed by atoms with Crippen LogP contribution < -0.4 is 11.5 Å². The molecule has 0 aromatic carbocycles. The molecule has 0 saturated carbocycles. The predicted octanol–water partition coefficient (Wildman–Crippen LogP) is -0.270. The number of anilines is 1. The van der Waals surface area contributed by atoms with Crippen LogP contribution >= 0.6 is 0 Å². The Labute approximate surface area is 106 Å². The molecular formula is C11H19N5O2. The molecule has 0 aliphatic heterocycles. The maximum absolute atomic E-state index is 12.2. The highest BCUT2D eigenvalue weighted by molar-refractivity contribution is 5.99. The van der Waals surface area contributed by atoms with Gasteiger partial charge in [0.25, 0.3) is 5.91 Å². The first-order valence-electron chi connectivity index (χ1n) is 5.82. The third-order valence-electron chi connectivity index (χ3n) is 2.63. The van der Waals surface area contributed by atoms with Gasteiger partial charge in [-0.15, -0.1) is 0 Å². The number of aryl methyl sites for hydroxylation is 1. The van der Waals surface area contributed by atoms with Crippen molar-refractivity contribution >= 4 is 17.6 Å². The highest BCUT2D eigenvalue weighted by atomic mass is 16.2. The lowest BCUT2D eigenvalue weighted by atomic mass is 10.2. The zero-order valence-corrected chi connectivity index (χ0v) is 10.7. The summed E-state index contributed by atoms with van der Waals surface area (Å²) in [4.78, 5) is 24.6. The number of primary amides is 1. The summed E-state index contributed by atoms with van der Waals surface area (Å²) in [5.41, 5.74) is 11.2. The van der Waals surface area contributed by atoms with Crippen molar-refractivity contribution in [2.75, 3.05) is 18.8 Å². The van der Waals surface area contributed by atoms with Gasteiger partial charge in [-0.25, -0.2) is 0 Å². The fourth-order valence-electron chi connectivity index (χ4n) is 1.57. The minimum atomic E-state index is -0.540. The smallest absolute Gasteiger partial charge is 0.259 e. The molecule has 7 heteroatoms. The van der Waals surface area contributed by atoms with Crippen LogP contribution in [-0.4, -0.2) is 39.6 Å². The number of nitrogen functional groups attached to an aromatic ring is 1. The van der Waals surface area contributed by atoms with Gasteiger partial charge in [0.15, 0.2) is 0 Å². The predicted molar refractivity (Wildman–Crippen MR) is 67.6 cm³/mol. The second kappa shape index (κ2) is 6.04. The number of hydrogen-bond acceptors (Lipinski definition) is 4. The van der Waals surface area contributed by atoms with Crippen LogP contribution in [0.3, 0.4) is 0 Å². The Morgan fingerprint density at radius 2 is 2.17 bits per heavy atom. The molecule has 0 saturated heterocycles. The molecule has 0 atom stereocenters. The van der Waals surface area contributed by atoms with E-state index in [0.717, 1.165) is 12.8 Å². The van der Waals surface area contributed by atoms with Crippen LogP contribution in [0.4, 0.5) is 5.82 Å². The number of aromatic nitrogens is 2. The van der Waals surface area contributed by atoms with Crippen LogP contribution in [0.5, 0.6) is 0 Å². The first kappa shape index (κ1) is 14.0. The van der Waals surface area contributed by atoms with Crippen molar-refractivity contribution in [3.8, 4) is 0 Å². The molecule has 1 heterocycles. The first-order chi connectivity index (χ1) is 8.47. The first-order valence-corrected chi connectivity index (χ1v) is 5.82. The van der Waals surface area contributed by atoms with Gasteiger partial charge in [0.1, 0.15) is 11.4 Å². The Morgan fingerprint density at radius 1 is 1.50 bits per heavy atom. The summed E-state index contributed by atoms with van der Waals surface area (Å²) in [7, 11) is 1.65. The van der Waals surface area contributed by atoms with E-state index in [2.05, 4.69) is 5.10 Å². The molecule has 1 rings (SSSR count). The van der Waals surface area contributed by atoms with Crippen molar-refractivity contribution in [2.45, 2.75) is 19.8 Å². The molecule has 2 amide bonds. The monoisotopic (exact) mass is 253 g/mol. The highest BCUT2D eigenvalue weighted by Crippen LogP contribution is 2.13. The zero-order valence-electron chi connectivity index (χ0n) is 10.7. The summed E-state index contributed by atoms with van der Waals surface area (Å²) >= 11 is 0. The minimum absolute atomic E-state index is 0.104. The number of rotatable bonds is 6. The average Bonchev–Trinajstić information content (AvgIpc) is 2.64. The second-order valence-electron chi connectivity index (χ2n) is 4.11. The SMILES string of the molecule is CCCCN(CC(N)=O)C(=O)c1cnn(C)c1N. The number of carbonyl (C=O) groups is 2. The lowest BCUT2D eigenvalue weighted by Crippen LogP contribution is -2.39. The van der Waals surface area contributed by atoms with E-state index in [1.54, 1.807) is 7.05 Å². The van der Waals surface area contributed by atoms with E-state index in [0.29, 0.717) is 12.1 Å².